The van der Waals surface area contributed by atoms with E-state index in [2.05, 4.69) is 4.74 Å². The largest absolute Gasteiger partial charge is 0.431 e. The van der Waals surface area contributed by atoms with Gasteiger partial charge in [0.2, 0.25) is 5.82 Å². The zero-order valence-electron chi connectivity index (χ0n) is 6.94. The molecule has 14 heavy (non-hydrogen) atoms. The smallest absolute Gasteiger partial charge is 0.387 e. The van der Waals surface area contributed by atoms with Gasteiger partial charge in [0.15, 0.2) is 11.6 Å². The van der Waals surface area contributed by atoms with Crippen molar-refractivity contribution in [2.45, 2.75) is 13.2 Å². The van der Waals surface area contributed by atoms with Crippen LogP contribution in [0.3, 0.4) is 0 Å². The Morgan fingerprint density at radius 3 is 2.43 bits per heavy atom. The molecule has 0 aliphatic rings. The highest BCUT2D eigenvalue weighted by Crippen LogP contribution is 2.26. The summed E-state index contributed by atoms with van der Waals surface area (Å²) in [4.78, 5) is 0. The first kappa shape index (κ1) is 10.8. The van der Waals surface area contributed by atoms with Crippen LogP contribution >= 0.6 is 0 Å². The van der Waals surface area contributed by atoms with Gasteiger partial charge in [0, 0.05) is 12.1 Å². The molecule has 0 spiro atoms. The molecule has 0 aromatic heterocycles. The monoisotopic (exact) mass is 209 g/mol. The predicted molar refractivity (Wildman–Crippen MR) is 40.9 cm³/mol. The predicted octanol–water partition coefficient (Wildman–Crippen LogP) is 2.02. The summed E-state index contributed by atoms with van der Waals surface area (Å²) in [5.41, 5.74) is 5.12. The maximum atomic E-state index is 12.9. The van der Waals surface area contributed by atoms with Gasteiger partial charge >= 0.3 is 6.61 Å². The third-order valence-electron chi connectivity index (χ3n) is 1.56. The number of hydrogen-bond acceptors (Lipinski definition) is 2. The quantitative estimate of drug-likeness (QED) is 0.773. The van der Waals surface area contributed by atoms with Crippen LogP contribution in [-0.4, -0.2) is 6.61 Å². The van der Waals surface area contributed by atoms with Crippen LogP contribution in [0.1, 0.15) is 5.56 Å². The Balaban J connectivity index is 3.14. The van der Waals surface area contributed by atoms with Crippen LogP contribution in [0.2, 0.25) is 0 Å². The average molecular weight is 209 g/mol. The molecule has 0 heterocycles. The minimum Gasteiger partial charge on any atom is -0.431 e. The van der Waals surface area contributed by atoms with Crippen LogP contribution in [0.25, 0.3) is 0 Å². The van der Waals surface area contributed by atoms with Crippen LogP contribution in [0, 0.1) is 11.6 Å². The molecule has 0 unspecified atom stereocenters. The van der Waals surface area contributed by atoms with Gasteiger partial charge in [0.05, 0.1) is 0 Å². The van der Waals surface area contributed by atoms with E-state index >= 15 is 0 Å². The third-order valence-corrected chi connectivity index (χ3v) is 1.56. The lowest BCUT2D eigenvalue weighted by Crippen LogP contribution is -2.09. The highest BCUT2D eigenvalue weighted by atomic mass is 19.3. The number of benzene rings is 1. The van der Waals surface area contributed by atoms with Crippen molar-refractivity contribution in [3.05, 3.63) is 29.3 Å². The Kier molecular flexibility index (Phi) is 3.29. The van der Waals surface area contributed by atoms with E-state index in [0.717, 1.165) is 12.1 Å². The topological polar surface area (TPSA) is 35.2 Å². The van der Waals surface area contributed by atoms with Gasteiger partial charge in [0.1, 0.15) is 0 Å². The first-order valence-corrected chi connectivity index (χ1v) is 3.68. The molecule has 0 amide bonds. The number of rotatable bonds is 3. The molecular weight excluding hydrogens is 202 g/mol. The second-order valence-corrected chi connectivity index (χ2v) is 2.43. The molecule has 1 aromatic rings. The Hall–Kier alpha value is -1.30. The van der Waals surface area contributed by atoms with E-state index in [1.807, 2.05) is 0 Å². The Morgan fingerprint density at radius 1 is 1.29 bits per heavy atom. The minimum absolute atomic E-state index is 0.0100. The van der Waals surface area contributed by atoms with Gasteiger partial charge in [-0.05, 0) is 6.07 Å². The summed E-state index contributed by atoms with van der Waals surface area (Å²) in [5, 5.41) is 0. The summed E-state index contributed by atoms with van der Waals surface area (Å²) in [6.07, 6.45) is 0. The van der Waals surface area contributed by atoms with Crippen molar-refractivity contribution in [1.29, 1.82) is 0 Å². The molecule has 2 nitrogen and oxygen atoms in total. The van der Waals surface area contributed by atoms with E-state index < -0.39 is 24.0 Å². The van der Waals surface area contributed by atoms with Gasteiger partial charge in [-0.25, -0.2) is 4.39 Å². The first-order chi connectivity index (χ1) is 6.56. The number of alkyl halides is 2. The maximum absolute atomic E-state index is 12.9. The molecule has 0 bridgehead atoms. The molecule has 0 saturated heterocycles. The van der Waals surface area contributed by atoms with Crippen molar-refractivity contribution < 1.29 is 22.3 Å². The SMILES string of the molecule is NCc1ccc(F)c(F)c1OC(F)F. The third kappa shape index (κ3) is 2.14. The zero-order chi connectivity index (χ0) is 10.7. The summed E-state index contributed by atoms with van der Waals surface area (Å²) in [5.74, 6) is -3.53. The Bertz CT molecular complexity index is 329. The standard InChI is InChI=1S/C8H7F4NO/c9-5-2-1-4(3-13)7(6(5)10)14-8(11)12/h1-2,8H,3,13H2. The molecule has 0 aliphatic heterocycles. The fourth-order valence-electron chi connectivity index (χ4n) is 0.949. The van der Waals surface area contributed by atoms with E-state index in [0.29, 0.717) is 0 Å². The molecule has 0 aliphatic carbocycles. The summed E-state index contributed by atoms with van der Waals surface area (Å²) in [6, 6.07) is 1.89. The molecule has 1 rings (SSSR count). The molecule has 0 radical (unpaired) electrons. The van der Waals surface area contributed by atoms with Gasteiger partial charge in [-0.1, -0.05) is 6.07 Å². The van der Waals surface area contributed by atoms with Crippen LogP contribution < -0.4 is 10.5 Å². The second-order valence-electron chi connectivity index (χ2n) is 2.43. The van der Waals surface area contributed by atoms with Crippen molar-refractivity contribution in [2.24, 2.45) is 5.73 Å². The fraction of sp³-hybridized carbons (Fsp3) is 0.250. The zero-order valence-corrected chi connectivity index (χ0v) is 6.94. The Morgan fingerprint density at radius 2 is 1.93 bits per heavy atom. The lowest BCUT2D eigenvalue weighted by atomic mass is 10.2. The molecule has 0 fully saturated rings. The van der Waals surface area contributed by atoms with Crippen molar-refractivity contribution in [2.75, 3.05) is 0 Å². The highest BCUT2D eigenvalue weighted by Gasteiger charge is 2.17. The lowest BCUT2D eigenvalue weighted by molar-refractivity contribution is -0.0531. The maximum Gasteiger partial charge on any atom is 0.387 e. The van der Waals surface area contributed by atoms with Crippen molar-refractivity contribution in [3.63, 3.8) is 0 Å². The number of halogens is 4. The van der Waals surface area contributed by atoms with Crippen LogP contribution in [0.15, 0.2) is 12.1 Å². The van der Waals surface area contributed by atoms with Crippen LogP contribution in [-0.2, 0) is 6.54 Å². The van der Waals surface area contributed by atoms with Crippen LogP contribution in [0.5, 0.6) is 5.75 Å². The molecule has 0 saturated carbocycles. The van der Waals surface area contributed by atoms with E-state index in [1.165, 1.54) is 0 Å². The van der Waals surface area contributed by atoms with Crippen molar-refractivity contribution in [3.8, 4) is 5.75 Å². The van der Waals surface area contributed by atoms with Crippen LogP contribution in [0.4, 0.5) is 17.6 Å². The number of nitrogens with two attached hydrogens (primary N) is 1. The molecule has 78 valence electrons. The first-order valence-electron chi connectivity index (χ1n) is 3.68. The summed E-state index contributed by atoms with van der Waals surface area (Å²) in [6.45, 7) is -3.42. The molecule has 6 heteroatoms. The van der Waals surface area contributed by atoms with Gasteiger partial charge < -0.3 is 10.5 Å². The van der Waals surface area contributed by atoms with Gasteiger partial charge in [-0.15, -0.1) is 0 Å². The summed E-state index contributed by atoms with van der Waals surface area (Å²) >= 11 is 0. The molecule has 0 atom stereocenters. The van der Waals surface area contributed by atoms with Gasteiger partial charge in [-0.3, -0.25) is 0 Å². The second kappa shape index (κ2) is 4.28. The van der Waals surface area contributed by atoms with Gasteiger partial charge in [0.25, 0.3) is 0 Å². The highest BCUT2D eigenvalue weighted by molar-refractivity contribution is 5.35. The van der Waals surface area contributed by atoms with Crippen molar-refractivity contribution >= 4 is 0 Å². The van der Waals surface area contributed by atoms with E-state index in [-0.39, 0.29) is 12.1 Å². The summed E-state index contributed by atoms with van der Waals surface area (Å²) in [7, 11) is 0. The normalized spacial score (nSPS) is 10.7. The molecule has 1 aromatic carbocycles. The minimum atomic E-state index is -3.21. The van der Waals surface area contributed by atoms with E-state index in [4.69, 9.17) is 5.73 Å². The lowest BCUT2D eigenvalue weighted by Gasteiger charge is -2.10. The number of ether oxygens (including phenoxy) is 1. The molecule has 2 N–H and O–H groups in total. The van der Waals surface area contributed by atoms with E-state index in [1.54, 1.807) is 0 Å². The van der Waals surface area contributed by atoms with E-state index in [9.17, 15) is 17.6 Å². The van der Waals surface area contributed by atoms with Crippen molar-refractivity contribution in [1.82, 2.24) is 0 Å². The number of hydrogen-bond donors (Lipinski definition) is 1. The molecular formula is C8H7F4NO. The fourth-order valence-corrected chi connectivity index (χ4v) is 0.949. The van der Waals surface area contributed by atoms with Gasteiger partial charge in [-0.2, -0.15) is 13.2 Å². The Labute approximate surface area is 77.3 Å². The summed E-state index contributed by atoms with van der Waals surface area (Å²) < 4.78 is 52.9. The average Bonchev–Trinajstić information content (AvgIpc) is 2.13.